The number of rotatable bonds is 4. The van der Waals surface area contributed by atoms with Gasteiger partial charge in [0.05, 0.1) is 17.1 Å². The molecule has 7 heteroatoms. The van der Waals surface area contributed by atoms with E-state index in [0.29, 0.717) is 4.47 Å². The molecule has 0 aromatic heterocycles. The first-order chi connectivity index (χ1) is 9.86. The minimum atomic E-state index is -0.933. The van der Waals surface area contributed by atoms with Crippen molar-refractivity contribution < 1.29 is 19.2 Å². The molecule has 0 aliphatic carbocycles. The number of nitro benzene ring substituents is 1. The van der Waals surface area contributed by atoms with Gasteiger partial charge >= 0.3 is 0 Å². The summed E-state index contributed by atoms with van der Waals surface area (Å²) >= 11 is 3.16. The highest BCUT2D eigenvalue weighted by Crippen LogP contribution is 2.33. The summed E-state index contributed by atoms with van der Waals surface area (Å²) in [6, 6.07) is 7.85. The van der Waals surface area contributed by atoms with E-state index in [4.69, 9.17) is 4.74 Å². The highest BCUT2D eigenvalue weighted by Gasteiger charge is 2.14. The van der Waals surface area contributed by atoms with E-state index in [2.05, 4.69) is 15.9 Å². The van der Waals surface area contributed by atoms with Crippen molar-refractivity contribution in [1.82, 2.24) is 0 Å². The van der Waals surface area contributed by atoms with Crippen molar-refractivity contribution in [2.24, 2.45) is 0 Å². The van der Waals surface area contributed by atoms with Gasteiger partial charge in [-0.1, -0.05) is 15.9 Å². The van der Waals surface area contributed by atoms with E-state index in [9.17, 15) is 19.6 Å². The van der Waals surface area contributed by atoms with Crippen LogP contribution in [0.3, 0.4) is 0 Å². The molecule has 110 valence electrons. The van der Waals surface area contributed by atoms with Gasteiger partial charge in [0.15, 0.2) is 0 Å². The molecular formula is C14H11BrFNO4. The van der Waals surface area contributed by atoms with Crippen LogP contribution in [0.2, 0.25) is 0 Å². The lowest BCUT2D eigenvalue weighted by Crippen LogP contribution is -1.98. The van der Waals surface area contributed by atoms with Crippen LogP contribution in [-0.2, 0) is 0 Å². The van der Waals surface area contributed by atoms with Gasteiger partial charge in [0.1, 0.15) is 17.3 Å². The molecule has 1 N–H and O–H groups in total. The van der Waals surface area contributed by atoms with Gasteiger partial charge in [0.2, 0.25) is 0 Å². The standard InChI is InChI=1S/C14H11BrFNO4/c1-8(18)13-6-10(16)2-3-14(13)21-12-5-9(15)4-11(7-12)17(19)20/h2-8,18H,1H3. The predicted molar refractivity (Wildman–Crippen MR) is 77.9 cm³/mol. The predicted octanol–water partition coefficient (Wildman–Crippen LogP) is 4.34. The van der Waals surface area contributed by atoms with Gasteiger partial charge in [-0.3, -0.25) is 10.1 Å². The minimum Gasteiger partial charge on any atom is -0.457 e. The maximum Gasteiger partial charge on any atom is 0.274 e. The SMILES string of the molecule is CC(O)c1cc(F)ccc1Oc1cc(Br)cc([N+](=O)[O-])c1. The maximum atomic E-state index is 13.2. The van der Waals surface area contributed by atoms with Gasteiger partial charge in [-0.25, -0.2) is 4.39 Å². The fourth-order valence-corrected chi connectivity index (χ4v) is 2.24. The third kappa shape index (κ3) is 3.77. The molecule has 0 aliphatic rings. The van der Waals surface area contributed by atoms with Gasteiger partial charge in [0.25, 0.3) is 5.69 Å². The van der Waals surface area contributed by atoms with E-state index < -0.39 is 16.8 Å². The highest BCUT2D eigenvalue weighted by molar-refractivity contribution is 9.10. The van der Waals surface area contributed by atoms with Crippen LogP contribution in [0, 0.1) is 15.9 Å². The van der Waals surface area contributed by atoms with E-state index in [0.717, 1.165) is 6.07 Å². The molecular weight excluding hydrogens is 345 g/mol. The summed E-state index contributed by atoms with van der Waals surface area (Å²) in [7, 11) is 0. The molecule has 21 heavy (non-hydrogen) atoms. The minimum absolute atomic E-state index is 0.139. The zero-order valence-corrected chi connectivity index (χ0v) is 12.5. The summed E-state index contributed by atoms with van der Waals surface area (Å²) in [6.45, 7) is 1.48. The molecule has 2 aromatic carbocycles. The first-order valence-electron chi connectivity index (χ1n) is 5.97. The fraction of sp³-hybridized carbons (Fsp3) is 0.143. The number of nitrogens with zero attached hydrogens (tertiary/aromatic N) is 1. The molecule has 1 atom stereocenters. The Morgan fingerprint density at radius 1 is 1.33 bits per heavy atom. The van der Waals surface area contributed by atoms with Crippen LogP contribution >= 0.6 is 15.9 Å². The average molecular weight is 356 g/mol. The topological polar surface area (TPSA) is 72.6 Å². The lowest BCUT2D eigenvalue weighted by atomic mass is 10.1. The Morgan fingerprint density at radius 3 is 2.67 bits per heavy atom. The Labute approximate surface area is 128 Å². The van der Waals surface area contributed by atoms with Crippen LogP contribution in [0.25, 0.3) is 0 Å². The molecule has 0 saturated heterocycles. The van der Waals surface area contributed by atoms with Crippen LogP contribution in [-0.4, -0.2) is 10.0 Å². The smallest absolute Gasteiger partial charge is 0.274 e. The van der Waals surface area contributed by atoms with E-state index in [-0.39, 0.29) is 22.7 Å². The molecule has 0 saturated carbocycles. The van der Waals surface area contributed by atoms with Crippen molar-refractivity contribution in [2.45, 2.75) is 13.0 Å². The summed E-state index contributed by atoms with van der Waals surface area (Å²) in [5.41, 5.74) is 0.123. The van der Waals surface area contributed by atoms with Crippen LogP contribution in [0.4, 0.5) is 10.1 Å². The molecule has 0 heterocycles. The van der Waals surface area contributed by atoms with Crippen molar-refractivity contribution in [3.05, 3.63) is 62.4 Å². The van der Waals surface area contributed by atoms with Gasteiger partial charge in [0, 0.05) is 16.1 Å². The summed E-state index contributed by atoms with van der Waals surface area (Å²) < 4.78 is 19.2. The normalized spacial score (nSPS) is 12.0. The number of hydrogen-bond donors (Lipinski definition) is 1. The molecule has 2 aromatic rings. The number of ether oxygens (including phenoxy) is 1. The summed E-state index contributed by atoms with van der Waals surface area (Å²) in [4.78, 5) is 10.3. The Balaban J connectivity index is 2.40. The van der Waals surface area contributed by atoms with Gasteiger partial charge in [-0.15, -0.1) is 0 Å². The maximum absolute atomic E-state index is 13.2. The quantitative estimate of drug-likeness (QED) is 0.653. The van der Waals surface area contributed by atoms with Crippen molar-refractivity contribution in [2.75, 3.05) is 0 Å². The first-order valence-corrected chi connectivity index (χ1v) is 6.76. The summed E-state index contributed by atoms with van der Waals surface area (Å²) in [6.07, 6.45) is -0.933. The first kappa shape index (κ1) is 15.4. The van der Waals surface area contributed by atoms with Crippen molar-refractivity contribution >= 4 is 21.6 Å². The molecule has 0 radical (unpaired) electrons. The van der Waals surface area contributed by atoms with Crippen LogP contribution in [0.5, 0.6) is 11.5 Å². The molecule has 0 spiro atoms. The number of nitro groups is 1. The second kappa shape index (κ2) is 6.19. The lowest BCUT2D eigenvalue weighted by molar-refractivity contribution is -0.385. The summed E-state index contributed by atoms with van der Waals surface area (Å²) in [5, 5.41) is 20.5. The summed E-state index contributed by atoms with van der Waals surface area (Å²) in [5.74, 6) is -0.0538. The zero-order valence-electron chi connectivity index (χ0n) is 10.9. The highest BCUT2D eigenvalue weighted by atomic mass is 79.9. The van der Waals surface area contributed by atoms with Crippen LogP contribution in [0.1, 0.15) is 18.6 Å². The van der Waals surface area contributed by atoms with Crippen molar-refractivity contribution in [3.8, 4) is 11.5 Å². The molecule has 0 amide bonds. The monoisotopic (exact) mass is 355 g/mol. The Kier molecular flexibility index (Phi) is 4.54. The second-order valence-electron chi connectivity index (χ2n) is 4.36. The lowest BCUT2D eigenvalue weighted by Gasteiger charge is -2.13. The average Bonchev–Trinajstić information content (AvgIpc) is 2.40. The van der Waals surface area contributed by atoms with Gasteiger partial charge < -0.3 is 9.84 Å². The molecule has 0 fully saturated rings. The van der Waals surface area contributed by atoms with Gasteiger partial charge in [-0.2, -0.15) is 0 Å². The third-order valence-electron chi connectivity index (χ3n) is 2.72. The fourth-order valence-electron chi connectivity index (χ4n) is 1.78. The van der Waals surface area contributed by atoms with Crippen LogP contribution in [0.15, 0.2) is 40.9 Å². The van der Waals surface area contributed by atoms with Gasteiger partial charge in [-0.05, 0) is 31.2 Å². The van der Waals surface area contributed by atoms with Crippen LogP contribution < -0.4 is 4.74 Å². The molecule has 5 nitrogen and oxygen atoms in total. The molecule has 0 aliphatic heterocycles. The van der Waals surface area contributed by atoms with E-state index in [1.807, 2.05) is 0 Å². The van der Waals surface area contributed by atoms with Crippen molar-refractivity contribution in [1.29, 1.82) is 0 Å². The largest absolute Gasteiger partial charge is 0.457 e. The Bertz CT molecular complexity index is 691. The zero-order chi connectivity index (χ0) is 15.6. The van der Waals surface area contributed by atoms with Crippen molar-refractivity contribution in [3.63, 3.8) is 0 Å². The second-order valence-corrected chi connectivity index (χ2v) is 5.28. The number of non-ortho nitro benzene ring substituents is 1. The third-order valence-corrected chi connectivity index (χ3v) is 3.17. The molecule has 1 unspecified atom stereocenters. The number of hydrogen-bond acceptors (Lipinski definition) is 4. The van der Waals surface area contributed by atoms with E-state index >= 15 is 0 Å². The number of halogens is 2. The van der Waals surface area contributed by atoms with E-state index in [1.165, 1.54) is 31.2 Å². The number of aliphatic hydroxyl groups is 1. The number of benzene rings is 2. The molecule has 2 rings (SSSR count). The Morgan fingerprint density at radius 2 is 2.05 bits per heavy atom. The number of aliphatic hydroxyl groups excluding tert-OH is 1. The van der Waals surface area contributed by atoms with E-state index in [1.54, 1.807) is 6.07 Å². The molecule has 0 bridgehead atoms. The Hall–Kier alpha value is -1.99.